The van der Waals surface area contributed by atoms with Gasteiger partial charge in [-0.2, -0.15) is 0 Å². The number of H-pyrrole nitrogens is 1. The Morgan fingerprint density at radius 2 is 1.92 bits per heavy atom. The highest BCUT2D eigenvalue weighted by atomic mass is 16.2. The third-order valence-corrected chi connectivity index (χ3v) is 6.92. The minimum absolute atomic E-state index is 0.0327. The fourth-order valence-corrected chi connectivity index (χ4v) is 5.80. The van der Waals surface area contributed by atoms with E-state index in [1.54, 1.807) is 4.90 Å². The number of benzene rings is 1. The number of carbonyl (C=O) groups excluding carboxylic acids is 2. The molecule has 26 heavy (non-hydrogen) atoms. The van der Waals surface area contributed by atoms with Crippen LogP contribution in [0.4, 0.5) is 0 Å². The molecule has 1 aromatic heterocycles. The smallest absolute Gasteiger partial charge is 0.239 e. The summed E-state index contributed by atoms with van der Waals surface area (Å²) < 4.78 is 0. The van der Waals surface area contributed by atoms with Crippen molar-refractivity contribution < 1.29 is 9.59 Å². The van der Waals surface area contributed by atoms with Crippen LogP contribution in [0.1, 0.15) is 68.5 Å². The number of para-hydroxylation sites is 1. The molecule has 1 saturated heterocycles. The summed E-state index contributed by atoms with van der Waals surface area (Å²) in [5.74, 6) is 0.425. The van der Waals surface area contributed by atoms with Crippen molar-refractivity contribution in [3.8, 4) is 0 Å². The summed E-state index contributed by atoms with van der Waals surface area (Å²) in [6, 6.07) is 8.38. The van der Waals surface area contributed by atoms with Gasteiger partial charge in [-0.3, -0.25) is 14.5 Å². The lowest BCUT2D eigenvalue weighted by Gasteiger charge is -2.41. The van der Waals surface area contributed by atoms with Crippen LogP contribution in [0.15, 0.2) is 24.3 Å². The normalized spacial score (nSPS) is 30.4. The molecule has 4 atom stereocenters. The fourth-order valence-electron chi connectivity index (χ4n) is 5.80. The predicted molar refractivity (Wildman–Crippen MR) is 101 cm³/mol. The number of aromatic amines is 1. The second kappa shape index (κ2) is 5.97. The Morgan fingerprint density at radius 3 is 2.77 bits per heavy atom. The van der Waals surface area contributed by atoms with Gasteiger partial charge in [-0.25, -0.2) is 0 Å². The van der Waals surface area contributed by atoms with Crippen LogP contribution in [0.3, 0.4) is 0 Å². The number of likely N-dealkylation sites (tertiary alicyclic amines) is 1. The van der Waals surface area contributed by atoms with Gasteiger partial charge in [-0.1, -0.05) is 44.4 Å². The van der Waals surface area contributed by atoms with Gasteiger partial charge in [0.2, 0.25) is 11.8 Å². The van der Waals surface area contributed by atoms with E-state index in [-0.39, 0.29) is 23.7 Å². The zero-order valence-corrected chi connectivity index (χ0v) is 15.3. The van der Waals surface area contributed by atoms with Crippen molar-refractivity contribution in [1.82, 2.24) is 9.88 Å². The Balaban J connectivity index is 1.68. The van der Waals surface area contributed by atoms with Crippen LogP contribution < -0.4 is 0 Å². The highest BCUT2D eigenvalue weighted by molar-refractivity contribution is 6.09. The molecule has 1 aliphatic heterocycles. The molecular formula is C22H26N2O2. The molecule has 2 aliphatic carbocycles. The van der Waals surface area contributed by atoms with Gasteiger partial charge in [0.25, 0.3) is 0 Å². The summed E-state index contributed by atoms with van der Waals surface area (Å²) >= 11 is 0. The predicted octanol–water partition coefficient (Wildman–Crippen LogP) is 4.32. The number of rotatable bonds is 3. The van der Waals surface area contributed by atoms with E-state index in [2.05, 4.69) is 30.1 Å². The number of carbonyl (C=O) groups is 2. The van der Waals surface area contributed by atoms with Crippen LogP contribution in [0, 0.1) is 11.8 Å². The molecule has 136 valence electrons. The molecule has 2 fully saturated rings. The molecule has 0 bridgehead atoms. The van der Waals surface area contributed by atoms with Crippen molar-refractivity contribution in [2.24, 2.45) is 11.8 Å². The molecule has 1 saturated carbocycles. The van der Waals surface area contributed by atoms with E-state index in [9.17, 15) is 9.59 Å². The van der Waals surface area contributed by atoms with Crippen LogP contribution in [-0.2, 0) is 9.59 Å². The van der Waals surface area contributed by atoms with Crippen molar-refractivity contribution in [1.29, 1.82) is 0 Å². The number of aromatic nitrogens is 1. The summed E-state index contributed by atoms with van der Waals surface area (Å²) in [7, 11) is 0. The molecule has 1 aromatic carbocycles. The first-order chi connectivity index (χ1) is 12.7. The standard InChI is InChI=1S/C22H26N2O2/c1-2-3-12-24-21(25)18-14-9-5-4-8-13(14)17-15-10-6-7-11-16(15)23-20(17)19(18)22(24)26/h6-7,10-11,13-14,18-19,23H,2-5,8-9,12H2,1H3/t13-,14?,18?,19?/m1/s1. The molecule has 1 N–H and O–H groups in total. The lowest BCUT2D eigenvalue weighted by Crippen LogP contribution is -2.37. The molecule has 3 unspecified atom stereocenters. The first-order valence-corrected chi connectivity index (χ1v) is 10.2. The van der Waals surface area contributed by atoms with Gasteiger partial charge in [0.05, 0.1) is 11.8 Å². The minimum atomic E-state index is -0.291. The molecule has 2 aromatic rings. The van der Waals surface area contributed by atoms with E-state index in [0.717, 1.165) is 36.9 Å². The molecule has 4 nitrogen and oxygen atoms in total. The molecule has 0 radical (unpaired) electrons. The highest BCUT2D eigenvalue weighted by Gasteiger charge is 2.57. The van der Waals surface area contributed by atoms with Crippen molar-refractivity contribution in [3.63, 3.8) is 0 Å². The van der Waals surface area contributed by atoms with E-state index in [1.165, 1.54) is 23.8 Å². The SMILES string of the molecule is CCCCN1C(=O)C2c3[nH]c4ccccc4c3[C@@H]3CCCCC3C2C1=O. The van der Waals surface area contributed by atoms with Gasteiger partial charge < -0.3 is 4.98 Å². The van der Waals surface area contributed by atoms with Gasteiger partial charge in [-0.05, 0) is 42.7 Å². The van der Waals surface area contributed by atoms with Crippen LogP contribution in [-0.4, -0.2) is 28.2 Å². The molecule has 5 rings (SSSR count). The summed E-state index contributed by atoms with van der Waals surface area (Å²) in [6.07, 6.45) is 6.50. The van der Waals surface area contributed by atoms with Crippen LogP contribution >= 0.6 is 0 Å². The number of fused-ring (bicyclic) bond motifs is 8. The number of hydrogen-bond acceptors (Lipinski definition) is 2. The van der Waals surface area contributed by atoms with Crippen LogP contribution in [0.25, 0.3) is 10.9 Å². The summed E-state index contributed by atoms with van der Waals surface area (Å²) in [4.78, 5) is 31.6. The van der Waals surface area contributed by atoms with Gasteiger partial charge >= 0.3 is 0 Å². The van der Waals surface area contributed by atoms with Crippen molar-refractivity contribution in [2.45, 2.75) is 57.3 Å². The number of imide groups is 1. The first-order valence-electron chi connectivity index (χ1n) is 10.2. The molecule has 2 heterocycles. The molecule has 3 aliphatic rings. The molecule has 4 heteroatoms. The van der Waals surface area contributed by atoms with E-state index in [4.69, 9.17) is 0 Å². The average molecular weight is 350 g/mol. The van der Waals surface area contributed by atoms with E-state index >= 15 is 0 Å². The number of amides is 2. The molecule has 0 spiro atoms. The molecular weight excluding hydrogens is 324 g/mol. The van der Waals surface area contributed by atoms with Crippen molar-refractivity contribution in [3.05, 3.63) is 35.5 Å². The zero-order valence-electron chi connectivity index (χ0n) is 15.3. The Labute approximate surface area is 153 Å². The average Bonchev–Trinajstić information content (AvgIpc) is 3.16. The van der Waals surface area contributed by atoms with Gasteiger partial charge in [0, 0.05) is 23.1 Å². The Kier molecular flexibility index (Phi) is 3.70. The van der Waals surface area contributed by atoms with E-state index < -0.39 is 0 Å². The largest absolute Gasteiger partial charge is 0.357 e. The second-order valence-corrected chi connectivity index (χ2v) is 8.24. The third kappa shape index (κ3) is 2.07. The number of nitrogens with zero attached hydrogens (tertiary/aromatic N) is 1. The number of hydrogen-bond donors (Lipinski definition) is 1. The monoisotopic (exact) mass is 350 g/mol. The summed E-state index contributed by atoms with van der Waals surface area (Å²) in [5.41, 5.74) is 3.48. The van der Waals surface area contributed by atoms with Gasteiger partial charge in [-0.15, -0.1) is 0 Å². The zero-order chi connectivity index (χ0) is 17.8. The van der Waals surface area contributed by atoms with Crippen molar-refractivity contribution >= 4 is 22.7 Å². The lowest BCUT2D eigenvalue weighted by molar-refractivity contribution is -0.140. The maximum absolute atomic E-state index is 13.3. The Morgan fingerprint density at radius 1 is 1.12 bits per heavy atom. The Hall–Kier alpha value is -2.10. The summed E-state index contributed by atoms with van der Waals surface area (Å²) in [5, 5.41) is 1.25. The number of nitrogens with one attached hydrogen (secondary N) is 1. The topological polar surface area (TPSA) is 53.2 Å². The van der Waals surface area contributed by atoms with Gasteiger partial charge in [0.1, 0.15) is 0 Å². The minimum Gasteiger partial charge on any atom is -0.357 e. The second-order valence-electron chi connectivity index (χ2n) is 8.24. The quantitative estimate of drug-likeness (QED) is 0.838. The maximum atomic E-state index is 13.3. The third-order valence-electron chi connectivity index (χ3n) is 6.92. The van der Waals surface area contributed by atoms with E-state index in [0.29, 0.717) is 18.4 Å². The first kappa shape index (κ1) is 16.1. The Bertz CT molecular complexity index is 883. The molecule has 2 amide bonds. The fraction of sp³-hybridized carbons (Fsp3) is 0.545. The van der Waals surface area contributed by atoms with E-state index in [1.807, 2.05) is 6.07 Å². The lowest BCUT2D eigenvalue weighted by atomic mass is 9.61. The van der Waals surface area contributed by atoms with Crippen molar-refractivity contribution in [2.75, 3.05) is 6.54 Å². The summed E-state index contributed by atoms with van der Waals surface area (Å²) in [6.45, 7) is 2.68. The van der Waals surface area contributed by atoms with Crippen LogP contribution in [0.2, 0.25) is 0 Å². The highest BCUT2D eigenvalue weighted by Crippen LogP contribution is 2.57. The number of unbranched alkanes of at least 4 members (excludes halogenated alkanes) is 1. The van der Waals surface area contributed by atoms with Gasteiger partial charge in [0.15, 0.2) is 0 Å². The maximum Gasteiger partial charge on any atom is 0.239 e. The van der Waals surface area contributed by atoms with Crippen LogP contribution in [0.5, 0.6) is 0 Å².